The van der Waals surface area contributed by atoms with Gasteiger partial charge in [-0.2, -0.15) is 0 Å². The predicted molar refractivity (Wildman–Crippen MR) is 141 cm³/mol. The summed E-state index contributed by atoms with van der Waals surface area (Å²) >= 11 is 0. The normalized spacial score (nSPS) is 15.3. The van der Waals surface area contributed by atoms with E-state index >= 15 is 0 Å². The van der Waals surface area contributed by atoms with E-state index in [0.29, 0.717) is 0 Å². The Balaban J connectivity index is 4.20. The van der Waals surface area contributed by atoms with Crippen LogP contribution in [0.25, 0.3) is 0 Å². The van der Waals surface area contributed by atoms with E-state index in [2.05, 4.69) is 0 Å². The molecule has 15 heteroatoms. The molecule has 0 aromatic rings. The van der Waals surface area contributed by atoms with E-state index in [1.54, 1.807) is 0 Å². The van der Waals surface area contributed by atoms with Crippen molar-refractivity contribution in [2.75, 3.05) is 13.2 Å². The van der Waals surface area contributed by atoms with Crippen LogP contribution in [0.1, 0.15) is 80.1 Å². The molecule has 6 atom stereocenters. The minimum absolute atomic E-state index is 0.213. The lowest BCUT2D eigenvalue weighted by Gasteiger charge is -2.17. The molecule has 242 valence electrons. The number of aliphatic hydroxyl groups is 3. The molecular weight excluding hydrogens is 564 g/mol. The van der Waals surface area contributed by atoms with Crippen LogP contribution >= 0.6 is 0 Å². The number of esters is 6. The summed E-state index contributed by atoms with van der Waals surface area (Å²) < 4.78 is 29.9. The molecule has 15 nitrogen and oxygen atoms in total. The average Bonchev–Trinajstić information content (AvgIpc) is 2.79. The first-order valence-electron chi connectivity index (χ1n) is 13.6. The van der Waals surface area contributed by atoms with Crippen molar-refractivity contribution in [3.05, 3.63) is 0 Å². The molecule has 0 spiro atoms. The molecule has 0 aliphatic heterocycles. The van der Waals surface area contributed by atoms with E-state index in [-0.39, 0.29) is 38.5 Å². The second-order valence-electron chi connectivity index (χ2n) is 10.1. The van der Waals surface area contributed by atoms with Crippen LogP contribution in [0.3, 0.4) is 0 Å². The topological polar surface area (TPSA) is 218 Å². The summed E-state index contributed by atoms with van der Waals surface area (Å²) in [6.45, 7) is 7.69. The van der Waals surface area contributed by atoms with Crippen molar-refractivity contribution in [3.8, 4) is 0 Å². The molecule has 0 saturated carbocycles. The summed E-state index contributed by atoms with van der Waals surface area (Å²) in [6, 6.07) is 0. The van der Waals surface area contributed by atoms with Crippen molar-refractivity contribution < 1.29 is 72.5 Å². The van der Waals surface area contributed by atoms with Gasteiger partial charge in [0.15, 0.2) is 0 Å². The number of aliphatic hydroxyl groups excluding tert-OH is 3. The highest BCUT2D eigenvalue weighted by Gasteiger charge is 2.22. The van der Waals surface area contributed by atoms with E-state index in [1.807, 2.05) is 0 Å². The fraction of sp³-hybridized carbons (Fsp3) is 0.778. The van der Waals surface area contributed by atoms with Crippen molar-refractivity contribution in [2.24, 2.45) is 0 Å². The first-order chi connectivity index (χ1) is 19.5. The number of ether oxygens (including phenoxy) is 6. The summed E-state index contributed by atoms with van der Waals surface area (Å²) in [5.74, 6) is -4.34. The standard InChI is InChI=1S/C27H44O15/c1-15(28)7-24(33)39-19(5)11-26(35)41-17(3)9-22(31)37-13-21(30)14-38-23(32)10-18(4)42-27(36)12-20(6)40-25(34)8-16(2)29/h15-21,28-30H,7-14H2,1-6H3/t15-,16-,17-,18-,19-,20-/m1/s1. The summed E-state index contributed by atoms with van der Waals surface area (Å²) in [7, 11) is 0. The van der Waals surface area contributed by atoms with Gasteiger partial charge >= 0.3 is 35.8 Å². The van der Waals surface area contributed by atoms with Crippen LogP contribution in [0.4, 0.5) is 0 Å². The maximum Gasteiger partial charge on any atom is 0.309 e. The molecule has 0 radical (unpaired) electrons. The molecule has 42 heavy (non-hydrogen) atoms. The number of rotatable bonds is 20. The number of hydrogen-bond donors (Lipinski definition) is 3. The third-order valence-electron chi connectivity index (χ3n) is 4.94. The molecule has 0 aliphatic carbocycles. The number of carbonyl (C=O) groups is 6. The van der Waals surface area contributed by atoms with Crippen LogP contribution < -0.4 is 0 Å². The highest BCUT2D eigenvalue weighted by atomic mass is 16.6. The van der Waals surface area contributed by atoms with E-state index in [1.165, 1.54) is 41.5 Å². The smallest absolute Gasteiger partial charge is 0.309 e. The molecule has 0 amide bonds. The minimum Gasteiger partial charge on any atom is -0.463 e. The Kier molecular flexibility index (Phi) is 18.9. The Morgan fingerprint density at radius 2 is 0.667 bits per heavy atom. The Labute approximate surface area is 244 Å². The largest absolute Gasteiger partial charge is 0.463 e. The van der Waals surface area contributed by atoms with Gasteiger partial charge < -0.3 is 43.7 Å². The van der Waals surface area contributed by atoms with Crippen LogP contribution in [0.15, 0.2) is 0 Å². The average molecular weight is 609 g/mol. The molecule has 3 N–H and O–H groups in total. The van der Waals surface area contributed by atoms with Gasteiger partial charge in [-0.15, -0.1) is 0 Å². The van der Waals surface area contributed by atoms with Gasteiger partial charge in [0.05, 0.1) is 50.7 Å². The Morgan fingerprint density at radius 3 is 0.929 bits per heavy atom. The molecule has 0 bridgehead atoms. The van der Waals surface area contributed by atoms with Crippen molar-refractivity contribution in [1.82, 2.24) is 0 Å². The quantitative estimate of drug-likeness (QED) is 0.125. The van der Waals surface area contributed by atoms with Gasteiger partial charge in [0.2, 0.25) is 0 Å². The highest BCUT2D eigenvalue weighted by Crippen LogP contribution is 2.09. The van der Waals surface area contributed by atoms with Crippen molar-refractivity contribution in [2.45, 2.75) is 123 Å². The van der Waals surface area contributed by atoms with E-state index < -0.39 is 91.8 Å². The SMILES string of the molecule is C[C@H](CC(=O)OCC(O)COC(=O)C[C@@H](C)OC(=O)C[C@@H](C)OC(=O)C[C@@H](C)O)OC(=O)C[C@@H](C)OC(=O)C[C@@H](C)O. The predicted octanol–water partition coefficient (Wildman–Crippen LogP) is 0.263. The Bertz CT molecular complexity index is 815. The fourth-order valence-corrected chi connectivity index (χ4v) is 3.22. The molecule has 0 fully saturated rings. The van der Waals surface area contributed by atoms with Crippen LogP contribution in [-0.4, -0.2) is 107 Å². The zero-order valence-corrected chi connectivity index (χ0v) is 24.9. The second kappa shape index (κ2) is 20.6. The first-order valence-corrected chi connectivity index (χ1v) is 13.6. The summed E-state index contributed by atoms with van der Waals surface area (Å²) in [4.78, 5) is 70.9. The number of hydrogen-bond acceptors (Lipinski definition) is 15. The zero-order valence-electron chi connectivity index (χ0n) is 24.9. The lowest BCUT2D eigenvalue weighted by atomic mass is 10.2. The number of carbonyl (C=O) groups excluding carboxylic acids is 6. The summed E-state index contributed by atoms with van der Waals surface area (Å²) in [5, 5.41) is 28.2. The minimum atomic E-state index is -1.34. The van der Waals surface area contributed by atoms with E-state index in [4.69, 9.17) is 38.6 Å². The van der Waals surface area contributed by atoms with Crippen molar-refractivity contribution in [1.29, 1.82) is 0 Å². The molecule has 0 saturated heterocycles. The van der Waals surface area contributed by atoms with E-state index in [9.17, 15) is 33.9 Å². The van der Waals surface area contributed by atoms with Gasteiger partial charge in [-0.05, 0) is 41.5 Å². The fourth-order valence-electron chi connectivity index (χ4n) is 3.22. The summed E-state index contributed by atoms with van der Waals surface area (Å²) in [5.41, 5.74) is 0. The van der Waals surface area contributed by atoms with Crippen LogP contribution in [-0.2, 0) is 57.2 Å². The first kappa shape index (κ1) is 38.7. The van der Waals surface area contributed by atoms with Crippen LogP contribution in [0, 0.1) is 0 Å². The lowest BCUT2D eigenvalue weighted by Crippen LogP contribution is -2.29. The molecule has 0 aromatic heterocycles. The third-order valence-corrected chi connectivity index (χ3v) is 4.94. The van der Waals surface area contributed by atoms with Gasteiger partial charge in [-0.25, -0.2) is 0 Å². The molecular formula is C27H44O15. The van der Waals surface area contributed by atoms with E-state index in [0.717, 1.165) is 0 Å². The Hall–Kier alpha value is -3.30. The zero-order chi connectivity index (χ0) is 32.4. The lowest BCUT2D eigenvalue weighted by molar-refractivity contribution is -0.161. The molecule has 0 aromatic carbocycles. The highest BCUT2D eigenvalue weighted by molar-refractivity contribution is 5.75. The van der Waals surface area contributed by atoms with Crippen molar-refractivity contribution in [3.63, 3.8) is 0 Å². The monoisotopic (exact) mass is 608 g/mol. The van der Waals surface area contributed by atoms with Gasteiger partial charge in [-0.3, -0.25) is 28.8 Å². The van der Waals surface area contributed by atoms with Crippen LogP contribution in [0.5, 0.6) is 0 Å². The summed E-state index contributed by atoms with van der Waals surface area (Å²) in [6.07, 6.45) is -8.02. The molecule has 0 unspecified atom stereocenters. The molecule has 0 aliphatic rings. The maximum atomic E-state index is 12.0. The maximum absolute atomic E-state index is 12.0. The second-order valence-corrected chi connectivity index (χ2v) is 10.1. The Morgan fingerprint density at radius 1 is 0.429 bits per heavy atom. The van der Waals surface area contributed by atoms with Crippen molar-refractivity contribution >= 4 is 35.8 Å². The third kappa shape index (κ3) is 21.4. The van der Waals surface area contributed by atoms with Gasteiger partial charge in [0.25, 0.3) is 0 Å². The van der Waals surface area contributed by atoms with Gasteiger partial charge in [-0.1, -0.05) is 0 Å². The van der Waals surface area contributed by atoms with Crippen LogP contribution in [0.2, 0.25) is 0 Å². The van der Waals surface area contributed by atoms with Gasteiger partial charge in [0, 0.05) is 0 Å². The molecule has 0 rings (SSSR count). The van der Waals surface area contributed by atoms with Gasteiger partial charge in [0.1, 0.15) is 43.7 Å². The molecule has 0 heterocycles.